The number of hydrogen-bond acceptors (Lipinski definition) is 4. The number of carbonyl (C=O) groups is 3. The highest BCUT2D eigenvalue weighted by Gasteiger charge is 2.26. The van der Waals surface area contributed by atoms with Crippen molar-refractivity contribution in [2.75, 3.05) is 5.88 Å². The molecule has 0 saturated carbocycles. The first-order chi connectivity index (χ1) is 11.7. The Morgan fingerprint density at radius 3 is 2.20 bits per heavy atom. The summed E-state index contributed by atoms with van der Waals surface area (Å²) in [5.74, 6) is -1.68. The van der Waals surface area contributed by atoms with Crippen LogP contribution in [0.3, 0.4) is 0 Å². The number of hydrogen-bond donors (Lipinski definition) is 4. The molecule has 25 heavy (non-hydrogen) atoms. The minimum Gasteiger partial charge on any atom is -0.508 e. The Morgan fingerprint density at radius 2 is 1.72 bits per heavy atom. The van der Waals surface area contributed by atoms with Crippen LogP contribution in [0.5, 0.6) is 5.75 Å². The lowest BCUT2D eigenvalue weighted by Crippen LogP contribution is -2.54. The second kappa shape index (κ2) is 9.88. The molecule has 0 fully saturated rings. The monoisotopic (exact) mass is 369 g/mol. The third kappa shape index (κ3) is 7.43. The van der Waals surface area contributed by atoms with Gasteiger partial charge in [0.05, 0.1) is 0 Å². The zero-order valence-corrected chi connectivity index (χ0v) is 15.0. The largest absolute Gasteiger partial charge is 0.508 e. The molecule has 0 aliphatic carbocycles. The maximum absolute atomic E-state index is 12.5. The number of nitrogens with two attached hydrogens (primary N) is 1. The van der Waals surface area contributed by atoms with Crippen LogP contribution in [0.15, 0.2) is 24.3 Å². The number of aromatic hydroxyl groups is 1. The van der Waals surface area contributed by atoms with Gasteiger partial charge in [0, 0.05) is 6.42 Å². The van der Waals surface area contributed by atoms with Crippen molar-refractivity contribution in [1.82, 2.24) is 10.6 Å². The molecule has 7 nitrogen and oxygen atoms in total. The summed E-state index contributed by atoms with van der Waals surface area (Å²) < 4.78 is 0. The summed E-state index contributed by atoms with van der Waals surface area (Å²) >= 11 is 5.50. The van der Waals surface area contributed by atoms with Gasteiger partial charge >= 0.3 is 0 Å². The van der Waals surface area contributed by atoms with Gasteiger partial charge < -0.3 is 21.5 Å². The van der Waals surface area contributed by atoms with E-state index >= 15 is 0 Å². The number of amides is 3. The fourth-order valence-corrected chi connectivity index (χ4v) is 2.38. The number of primary amides is 1. The Kier molecular flexibility index (Phi) is 8.21. The van der Waals surface area contributed by atoms with Gasteiger partial charge in [-0.15, -0.1) is 11.6 Å². The van der Waals surface area contributed by atoms with Crippen molar-refractivity contribution >= 4 is 29.3 Å². The minimum absolute atomic E-state index is 0.0975. The molecule has 0 heterocycles. The Bertz CT molecular complexity index is 604. The van der Waals surface area contributed by atoms with E-state index < -0.39 is 29.8 Å². The summed E-state index contributed by atoms with van der Waals surface area (Å²) in [6.07, 6.45) is 0.582. The zero-order valence-electron chi connectivity index (χ0n) is 14.3. The smallest absolute Gasteiger partial charge is 0.243 e. The summed E-state index contributed by atoms with van der Waals surface area (Å²) in [5.41, 5.74) is 6.07. The van der Waals surface area contributed by atoms with Gasteiger partial charge in [0.1, 0.15) is 23.7 Å². The Balaban J connectivity index is 2.89. The molecule has 0 bridgehead atoms. The summed E-state index contributed by atoms with van der Waals surface area (Å²) in [5, 5.41) is 14.4. The van der Waals surface area contributed by atoms with Gasteiger partial charge in [-0.3, -0.25) is 14.4 Å². The lowest BCUT2D eigenvalue weighted by Gasteiger charge is -2.22. The van der Waals surface area contributed by atoms with Crippen molar-refractivity contribution in [3.63, 3.8) is 0 Å². The van der Waals surface area contributed by atoms with Crippen LogP contribution in [0.2, 0.25) is 0 Å². The van der Waals surface area contributed by atoms with Crippen LogP contribution in [0, 0.1) is 5.92 Å². The van der Waals surface area contributed by atoms with Gasteiger partial charge in [0.25, 0.3) is 0 Å². The molecule has 0 radical (unpaired) electrons. The second-order valence-corrected chi connectivity index (χ2v) is 6.48. The van der Waals surface area contributed by atoms with Crippen LogP contribution in [0.25, 0.3) is 0 Å². The van der Waals surface area contributed by atoms with Crippen molar-refractivity contribution in [1.29, 1.82) is 0 Å². The van der Waals surface area contributed by atoms with E-state index in [1.807, 2.05) is 13.8 Å². The van der Waals surface area contributed by atoms with Crippen molar-refractivity contribution < 1.29 is 19.5 Å². The van der Waals surface area contributed by atoms with E-state index in [4.69, 9.17) is 17.3 Å². The van der Waals surface area contributed by atoms with Gasteiger partial charge in [-0.25, -0.2) is 0 Å². The van der Waals surface area contributed by atoms with Crippen LogP contribution in [-0.4, -0.2) is 40.8 Å². The topological polar surface area (TPSA) is 122 Å². The molecule has 1 aromatic rings. The van der Waals surface area contributed by atoms with E-state index in [2.05, 4.69) is 10.6 Å². The van der Waals surface area contributed by atoms with Crippen LogP contribution in [-0.2, 0) is 20.8 Å². The summed E-state index contributed by atoms with van der Waals surface area (Å²) in [7, 11) is 0. The number of alkyl halides is 1. The maximum Gasteiger partial charge on any atom is 0.243 e. The van der Waals surface area contributed by atoms with Gasteiger partial charge in [0.15, 0.2) is 0 Å². The van der Waals surface area contributed by atoms with E-state index in [1.165, 1.54) is 12.1 Å². The number of rotatable bonds is 9. The number of halogens is 1. The molecule has 0 spiro atoms. The average Bonchev–Trinajstić information content (AvgIpc) is 2.54. The predicted molar refractivity (Wildman–Crippen MR) is 95.0 cm³/mol. The minimum atomic E-state index is -0.912. The first-order valence-electron chi connectivity index (χ1n) is 7.95. The van der Waals surface area contributed by atoms with Gasteiger partial charge in [-0.2, -0.15) is 0 Å². The first kappa shape index (κ1) is 20.8. The lowest BCUT2D eigenvalue weighted by atomic mass is 10.0. The Labute approximate surface area is 151 Å². The summed E-state index contributed by atoms with van der Waals surface area (Å²) in [4.78, 5) is 35.7. The molecule has 138 valence electrons. The molecule has 3 amide bonds. The number of phenolic OH excluding ortho intramolecular Hbond substituents is 1. The van der Waals surface area contributed by atoms with E-state index in [9.17, 15) is 19.5 Å². The van der Waals surface area contributed by atoms with Crippen LogP contribution in [0.1, 0.15) is 25.8 Å². The molecular weight excluding hydrogens is 346 g/mol. The molecule has 0 aliphatic heterocycles. The molecule has 1 aromatic carbocycles. The standard InChI is InChI=1S/C17H24ClN3O4/c1-10(2)7-13(16(19)24)21-17(25)14(20-15(23)9-18)8-11-3-5-12(22)6-4-11/h3-6,10,13-14,22H,7-9H2,1-2H3,(H2,19,24)(H,20,23)(H,21,25)/t13-,14-/m0/s1. The van der Waals surface area contributed by atoms with Gasteiger partial charge in [-0.1, -0.05) is 26.0 Å². The second-order valence-electron chi connectivity index (χ2n) is 6.22. The third-order valence-corrected chi connectivity index (χ3v) is 3.76. The van der Waals surface area contributed by atoms with Crippen molar-refractivity contribution in [2.24, 2.45) is 11.7 Å². The number of benzene rings is 1. The predicted octanol–water partition coefficient (Wildman–Crippen LogP) is 0.674. The van der Waals surface area contributed by atoms with E-state index in [0.29, 0.717) is 6.42 Å². The Hall–Kier alpha value is -2.28. The molecular formula is C17H24ClN3O4. The first-order valence-corrected chi connectivity index (χ1v) is 8.49. The molecule has 0 unspecified atom stereocenters. The molecule has 0 aromatic heterocycles. The molecule has 0 aliphatic rings. The molecule has 0 saturated heterocycles. The third-order valence-electron chi connectivity index (χ3n) is 3.52. The van der Waals surface area contributed by atoms with Crippen LogP contribution >= 0.6 is 11.6 Å². The summed E-state index contributed by atoms with van der Waals surface area (Å²) in [6.45, 7) is 3.82. The Morgan fingerprint density at radius 1 is 1.12 bits per heavy atom. The number of phenols is 1. The zero-order chi connectivity index (χ0) is 19.0. The van der Waals surface area contributed by atoms with Crippen LogP contribution in [0.4, 0.5) is 0 Å². The highest BCUT2D eigenvalue weighted by Crippen LogP contribution is 2.12. The maximum atomic E-state index is 12.5. The van der Waals surface area contributed by atoms with Gasteiger partial charge in [0.2, 0.25) is 17.7 Å². The summed E-state index contributed by atoms with van der Waals surface area (Å²) in [6, 6.07) is 4.52. The van der Waals surface area contributed by atoms with E-state index in [1.54, 1.807) is 12.1 Å². The fourth-order valence-electron chi connectivity index (χ4n) is 2.30. The normalized spacial score (nSPS) is 13.1. The highest BCUT2D eigenvalue weighted by atomic mass is 35.5. The number of nitrogens with one attached hydrogen (secondary N) is 2. The molecule has 1 rings (SSSR count). The fraction of sp³-hybridized carbons (Fsp3) is 0.471. The molecule has 2 atom stereocenters. The van der Waals surface area contributed by atoms with E-state index in [0.717, 1.165) is 5.56 Å². The quantitative estimate of drug-likeness (QED) is 0.478. The lowest BCUT2D eigenvalue weighted by molar-refractivity contribution is -0.131. The van der Waals surface area contributed by atoms with Gasteiger partial charge in [-0.05, 0) is 30.0 Å². The SMILES string of the molecule is CC(C)C[C@H](NC(=O)[C@H](Cc1ccc(O)cc1)NC(=O)CCl)C(N)=O. The van der Waals surface area contributed by atoms with Crippen molar-refractivity contribution in [3.05, 3.63) is 29.8 Å². The molecule has 5 N–H and O–H groups in total. The average molecular weight is 370 g/mol. The molecule has 8 heteroatoms. The highest BCUT2D eigenvalue weighted by molar-refractivity contribution is 6.27. The van der Waals surface area contributed by atoms with Crippen molar-refractivity contribution in [3.8, 4) is 5.75 Å². The van der Waals surface area contributed by atoms with E-state index in [-0.39, 0.29) is 24.0 Å². The van der Waals surface area contributed by atoms with Crippen LogP contribution < -0.4 is 16.4 Å². The number of carbonyl (C=O) groups excluding carboxylic acids is 3. The van der Waals surface area contributed by atoms with Crippen molar-refractivity contribution in [2.45, 2.75) is 38.8 Å².